The minimum atomic E-state index is -0.229. The summed E-state index contributed by atoms with van der Waals surface area (Å²) in [5.74, 6) is -0.0680. The van der Waals surface area contributed by atoms with Crippen molar-refractivity contribution in [2.75, 3.05) is 4.90 Å². The molecule has 0 fully saturated rings. The standard InChI is InChI=1S/C17H15FN2O/c1-11-3-4-13(16(18)7-11)9-20-10-19-12(2)15-8-14(21)5-6-17(15)20/h3-8,10,21H,2,9H2,1H3. The average molecular weight is 282 g/mol. The molecule has 106 valence electrons. The van der Waals surface area contributed by atoms with Crippen LogP contribution in [0.2, 0.25) is 0 Å². The second kappa shape index (κ2) is 5.05. The summed E-state index contributed by atoms with van der Waals surface area (Å²) in [7, 11) is 0. The molecule has 3 nitrogen and oxygen atoms in total. The van der Waals surface area contributed by atoms with Gasteiger partial charge in [-0.3, -0.25) is 0 Å². The molecule has 0 unspecified atom stereocenters. The Morgan fingerprint density at radius 2 is 2.05 bits per heavy atom. The maximum Gasteiger partial charge on any atom is 0.128 e. The van der Waals surface area contributed by atoms with Crippen LogP contribution in [0.3, 0.4) is 0 Å². The summed E-state index contributed by atoms with van der Waals surface area (Å²) in [6, 6.07) is 10.2. The summed E-state index contributed by atoms with van der Waals surface area (Å²) < 4.78 is 14.0. The van der Waals surface area contributed by atoms with Crippen molar-refractivity contribution >= 4 is 17.7 Å². The van der Waals surface area contributed by atoms with Gasteiger partial charge in [0.2, 0.25) is 0 Å². The van der Waals surface area contributed by atoms with Gasteiger partial charge in [0.15, 0.2) is 0 Å². The predicted octanol–water partition coefficient (Wildman–Crippen LogP) is 3.86. The summed E-state index contributed by atoms with van der Waals surface area (Å²) >= 11 is 0. The van der Waals surface area contributed by atoms with Crippen LogP contribution in [-0.2, 0) is 6.54 Å². The number of aliphatic imine (C=N–C) groups is 1. The lowest BCUT2D eigenvalue weighted by atomic mass is 10.1. The molecule has 0 atom stereocenters. The third-order valence-corrected chi connectivity index (χ3v) is 3.50. The lowest BCUT2D eigenvalue weighted by molar-refractivity contribution is 0.475. The second-order valence-electron chi connectivity index (χ2n) is 5.12. The molecule has 0 aliphatic carbocycles. The minimum Gasteiger partial charge on any atom is -0.508 e. The molecule has 0 spiro atoms. The summed E-state index contributed by atoms with van der Waals surface area (Å²) in [6.45, 7) is 6.09. The molecular formula is C17H15FN2O. The van der Waals surface area contributed by atoms with Crippen molar-refractivity contribution in [3.8, 4) is 5.75 Å². The third-order valence-electron chi connectivity index (χ3n) is 3.50. The zero-order valence-corrected chi connectivity index (χ0v) is 11.7. The first-order valence-electron chi connectivity index (χ1n) is 6.63. The van der Waals surface area contributed by atoms with Crippen molar-refractivity contribution in [3.05, 3.63) is 65.5 Å². The quantitative estimate of drug-likeness (QED) is 0.908. The lowest BCUT2D eigenvalue weighted by Crippen LogP contribution is -2.24. The summed E-state index contributed by atoms with van der Waals surface area (Å²) in [5, 5.41) is 9.59. The topological polar surface area (TPSA) is 35.8 Å². The number of rotatable bonds is 2. The van der Waals surface area contributed by atoms with E-state index >= 15 is 0 Å². The fourth-order valence-corrected chi connectivity index (χ4v) is 2.37. The van der Waals surface area contributed by atoms with E-state index in [1.165, 1.54) is 6.07 Å². The highest BCUT2D eigenvalue weighted by molar-refractivity contribution is 5.94. The molecule has 0 bridgehead atoms. The first kappa shape index (κ1) is 13.4. The molecule has 2 aromatic rings. The number of nitrogens with zero attached hydrogens (tertiary/aromatic N) is 2. The number of anilines is 1. The van der Waals surface area contributed by atoms with Crippen molar-refractivity contribution in [3.63, 3.8) is 0 Å². The van der Waals surface area contributed by atoms with Crippen LogP contribution in [0.1, 0.15) is 16.7 Å². The molecule has 0 aromatic heterocycles. The zero-order valence-electron chi connectivity index (χ0n) is 11.7. The van der Waals surface area contributed by atoms with Crippen LogP contribution in [0.15, 0.2) is 48.0 Å². The molecule has 0 saturated heterocycles. The molecule has 4 heteroatoms. The Labute approximate surface area is 122 Å². The highest BCUT2D eigenvalue weighted by Crippen LogP contribution is 2.33. The van der Waals surface area contributed by atoms with Gasteiger partial charge in [-0.1, -0.05) is 18.7 Å². The van der Waals surface area contributed by atoms with E-state index in [0.717, 1.165) is 16.8 Å². The molecule has 0 saturated carbocycles. The maximum absolute atomic E-state index is 14.0. The molecule has 1 N–H and O–H groups in total. The first-order valence-corrected chi connectivity index (χ1v) is 6.63. The van der Waals surface area contributed by atoms with Crippen molar-refractivity contribution in [1.82, 2.24) is 0 Å². The van der Waals surface area contributed by atoms with E-state index in [-0.39, 0.29) is 11.6 Å². The Morgan fingerprint density at radius 3 is 2.81 bits per heavy atom. The third kappa shape index (κ3) is 2.52. The average Bonchev–Trinajstić information content (AvgIpc) is 2.45. The van der Waals surface area contributed by atoms with E-state index in [1.54, 1.807) is 30.6 Å². The summed E-state index contributed by atoms with van der Waals surface area (Å²) in [4.78, 5) is 6.05. The number of benzene rings is 2. The number of phenolic OH excluding ortho intramolecular Hbond substituents is 1. The Morgan fingerprint density at radius 1 is 1.24 bits per heavy atom. The molecule has 21 heavy (non-hydrogen) atoms. The SMILES string of the molecule is C=C1N=CN(Cc2ccc(C)cc2F)c2ccc(O)cc21. The van der Waals surface area contributed by atoms with Gasteiger partial charge in [-0.05, 0) is 36.8 Å². The van der Waals surface area contributed by atoms with Gasteiger partial charge in [-0.15, -0.1) is 0 Å². The van der Waals surface area contributed by atoms with Crippen molar-refractivity contribution < 1.29 is 9.50 Å². The molecule has 1 aliphatic heterocycles. The Hall–Kier alpha value is -2.62. The van der Waals surface area contributed by atoms with Crippen LogP contribution in [0.4, 0.5) is 10.1 Å². The van der Waals surface area contributed by atoms with Crippen LogP contribution in [0.25, 0.3) is 5.70 Å². The van der Waals surface area contributed by atoms with E-state index in [4.69, 9.17) is 0 Å². The van der Waals surface area contributed by atoms with Gasteiger partial charge in [0.05, 0.1) is 24.3 Å². The van der Waals surface area contributed by atoms with Crippen LogP contribution in [-0.4, -0.2) is 11.4 Å². The fourth-order valence-electron chi connectivity index (χ4n) is 2.37. The molecule has 0 radical (unpaired) electrons. The Bertz CT molecular complexity index is 752. The van der Waals surface area contributed by atoms with E-state index in [2.05, 4.69) is 11.6 Å². The molecule has 0 amide bonds. The number of hydrogen-bond acceptors (Lipinski definition) is 3. The van der Waals surface area contributed by atoms with E-state index < -0.39 is 0 Å². The Kier molecular flexibility index (Phi) is 3.22. The van der Waals surface area contributed by atoms with Gasteiger partial charge in [0.25, 0.3) is 0 Å². The zero-order chi connectivity index (χ0) is 15.0. The molecule has 1 heterocycles. The fraction of sp³-hybridized carbons (Fsp3) is 0.118. The normalized spacial score (nSPS) is 13.4. The number of phenols is 1. The van der Waals surface area contributed by atoms with E-state index in [0.29, 0.717) is 17.8 Å². The predicted molar refractivity (Wildman–Crippen MR) is 83.0 cm³/mol. The van der Waals surface area contributed by atoms with Crippen LogP contribution in [0.5, 0.6) is 5.75 Å². The largest absolute Gasteiger partial charge is 0.508 e. The first-order chi connectivity index (χ1) is 10.0. The highest BCUT2D eigenvalue weighted by atomic mass is 19.1. The van der Waals surface area contributed by atoms with Gasteiger partial charge in [-0.25, -0.2) is 9.38 Å². The van der Waals surface area contributed by atoms with Crippen LogP contribution >= 0.6 is 0 Å². The van der Waals surface area contributed by atoms with Crippen molar-refractivity contribution in [2.24, 2.45) is 4.99 Å². The maximum atomic E-state index is 14.0. The van der Waals surface area contributed by atoms with Gasteiger partial charge in [-0.2, -0.15) is 0 Å². The number of hydrogen-bond donors (Lipinski definition) is 1. The lowest BCUT2D eigenvalue weighted by Gasteiger charge is -2.26. The molecule has 3 rings (SSSR count). The Balaban J connectivity index is 1.97. The van der Waals surface area contributed by atoms with Gasteiger partial charge in [0, 0.05) is 11.1 Å². The summed E-state index contributed by atoms with van der Waals surface area (Å²) in [6.07, 6.45) is 1.64. The minimum absolute atomic E-state index is 0.161. The highest BCUT2D eigenvalue weighted by Gasteiger charge is 2.18. The monoisotopic (exact) mass is 282 g/mol. The number of aryl methyl sites for hydroxylation is 1. The number of aromatic hydroxyl groups is 1. The van der Waals surface area contributed by atoms with Crippen LogP contribution in [0, 0.1) is 12.7 Å². The smallest absolute Gasteiger partial charge is 0.128 e. The second-order valence-corrected chi connectivity index (χ2v) is 5.12. The van der Waals surface area contributed by atoms with Crippen molar-refractivity contribution in [1.29, 1.82) is 0 Å². The van der Waals surface area contributed by atoms with Gasteiger partial charge >= 0.3 is 0 Å². The number of halogens is 1. The van der Waals surface area contributed by atoms with E-state index in [1.807, 2.05) is 17.9 Å². The number of fused-ring (bicyclic) bond motifs is 1. The van der Waals surface area contributed by atoms with Crippen LogP contribution < -0.4 is 4.90 Å². The molecule has 2 aromatic carbocycles. The van der Waals surface area contributed by atoms with Gasteiger partial charge in [0.1, 0.15) is 11.6 Å². The van der Waals surface area contributed by atoms with E-state index in [9.17, 15) is 9.50 Å². The molecule has 1 aliphatic rings. The van der Waals surface area contributed by atoms with Gasteiger partial charge < -0.3 is 10.0 Å². The van der Waals surface area contributed by atoms with Crippen molar-refractivity contribution in [2.45, 2.75) is 13.5 Å². The molecular weight excluding hydrogens is 267 g/mol. The summed E-state index contributed by atoms with van der Waals surface area (Å²) in [5.41, 5.74) is 3.68.